The number of hydrogen-bond donors (Lipinski definition) is 1. The van der Waals surface area contributed by atoms with Crippen molar-refractivity contribution in [3.8, 4) is 11.3 Å². The van der Waals surface area contributed by atoms with Gasteiger partial charge in [0.05, 0.1) is 5.69 Å². The Bertz CT molecular complexity index is 527. The zero-order chi connectivity index (χ0) is 12.3. The zero-order valence-corrected chi connectivity index (χ0v) is 10.2. The van der Waals surface area contributed by atoms with Gasteiger partial charge in [0.25, 0.3) is 0 Å². The molecule has 0 atom stereocenters. The van der Waals surface area contributed by atoms with E-state index >= 15 is 0 Å². The fraction of sp³-hybridized carbons (Fsp3) is 0.0909. The van der Waals surface area contributed by atoms with E-state index in [1.807, 2.05) is 0 Å². The molecule has 0 bridgehead atoms. The lowest BCUT2D eigenvalue weighted by Gasteiger charge is -1.97. The van der Waals surface area contributed by atoms with E-state index in [0.29, 0.717) is 10.8 Å². The van der Waals surface area contributed by atoms with Gasteiger partial charge in [-0.25, -0.2) is 9.37 Å². The van der Waals surface area contributed by atoms with Crippen LogP contribution >= 0.6 is 22.9 Å². The van der Waals surface area contributed by atoms with E-state index < -0.39 is 0 Å². The van der Waals surface area contributed by atoms with E-state index in [4.69, 9.17) is 11.6 Å². The fourth-order valence-corrected chi connectivity index (χ4v) is 2.04. The second-order valence-corrected chi connectivity index (χ2v) is 4.35. The van der Waals surface area contributed by atoms with E-state index in [1.165, 1.54) is 23.5 Å². The van der Waals surface area contributed by atoms with E-state index in [-0.39, 0.29) is 17.6 Å². The van der Waals surface area contributed by atoms with Gasteiger partial charge in [-0.3, -0.25) is 4.79 Å². The lowest BCUT2D eigenvalue weighted by molar-refractivity contribution is -0.113. The van der Waals surface area contributed by atoms with Crippen molar-refractivity contribution in [1.82, 2.24) is 4.98 Å². The molecule has 0 aliphatic carbocycles. The van der Waals surface area contributed by atoms with Crippen molar-refractivity contribution < 1.29 is 9.18 Å². The summed E-state index contributed by atoms with van der Waals surface area (Å²) in [6.45, 7) is 0. The van der Waals surface area contributed by atoms with Crippen LogP contribution in [-0.2, 0) is 4.79 Å². The molecule has 1 heterocycles. The molecule has 17 heavy (non-hydrogen) atoms. The standard InChI is InChI=1S/C11H8ClFN2OS/c12-5-10(16)15-11-14-9(6-17-11)7-1-3-8(13)4-2-7/h1-4,6H,5H2,(H,14,15,16). The summed E-state index contributed by atoms with van der Waals surface area (Å²) < 4.78 is 12.7. The van der Waals surface area contributed by atoms with Crippen LogP contribution in [0.15, 0.2) is 29.6 Å². The number of alkyl halides is 1. The molecule has 88 valence electrons. The van der Waals surface area contributed by atoms with Gasteiger partial charge in [0.1, 0.15) is 11.7 Å². The summed E-state index contributed by atoms with van der Waals surface area (Å²) in [6, 6.07) is 6.01. The molecular formula is C11H8ClFN2OS. The maximum Gasteiger partial charge on any atom is 0.241 e. The molecule has 0 saturated carbocycles. The predicted octanol–water partition coefficient (Wildman–Crippen LogP) is 3.13. The highest BCUT2D eigenvalue weighted by atomic mass is 35.5. The van der Waals surface area contributed by atoms with Crippen LogP contribution in [0.25, 0.3) is 11.3 Å². The van der Waals surface area contributed by atoms with Crippen LogP contribution in [0.1, 0.15) is 0 Å². The van der Waals surface area contributed by atoms with Gasteiger partial charge in [0.15, 0.2) is 5.13 Å². The lowest BCUT2D eigenvalue weighted by atomic mass is 10.2. The molecule has 3 nitrogen and oxygen atoms in total. The Hall–Kier alpha value is -1.46. The van der Waals surface area contributed by atoms with E-state index in [2.05, 4.69) is 10.3 Å². The monoisotopic (exact) mass is 270 g/mol. The van der Waals surface area contributed by atoms with Gasteiger partial charge in [0.2, 0.25) is 5.91 Å². The first-order chi connectivity index (χ1) is 8.19. The zero-order valence-electron chi connectivity index (χ0n) is 8.61. The topological polar surface area (TPSA) is 42.0 Å². The van der Waals surface area contributed by atoms with Crippen molar-refractivity contribution >= 4 is 34.0 Å². The Morgan fingerprint density at radius 3 is 2.76 bits per heavy atom. The first-order valence-corrected chi connectivity index (χ1v) is 6.18. The van der Waals surface area contributed by atoms with Crippen LogP contribution in [0.4, 0.5) is 9.52 Å². The summed E-state index contributed by atoms with van der Waals surface area (Å²) in [6.07, 6.45) is 0. The van der Waals surface area contributed by atoms with Crippen molar-refractivity contribution in [3.63, 3.8) is 0 Å². The fourth-order valence-electron chi connectivity index (χ4n) is 1.24. The summed E-state index contributed by atoms with van der Waals surface area (Å²) >= 11 is 6.66. The first kappa shape index (κ1) is 12.0. The smallest absolute Gasteiger partial charge is 0.241 e. The van der Waals surface area contributed by atoms with Gasteiger partial charge in [-0.2, -0.15) is 0 Å². The Morgan fingerprint density at radius 2 is 2.12 bits per heavy atom. The van der Waals surface area contributed by atoms with Gasteiger partial charge in [-0.15, -0.1) is 22.9 Å². The number of nitrogens with zero attached hydrogens (tertiary/aromatic N) is 1. The molecule has 1 N–H and O–H groups in total. The number of carbonyl (C=O) groups excluding carboxylic acids is 1. The highest BCUT2D eigenvalue weighted by molar-refractivity contribution is 7.14. The van der Waals surface area contributed by atoms with Crippen molar-refractivity contribution in [2.24, 2.45) is 0 Å². The van der Waals surface area contributed by atoms with Gasteiger partial charge < -0.3 is 5.32 Å². The second-order valence-electron chi connectivity index (χ2n) is 3.23. The lowest BCUT2D eigenvalue weighted by Crippen LogP contribution is -2.12. The average Bonchev–Trinajstić information content (AvgIpc) is 2.78. The average molecular weight is 271 g/mol. The molecule has 1 aromatic heterocycles. The highest BCUT2D eigenvalue weighted by Crippen LogP contribution is 2.24. The van der Waals surface area contributed by atoms with Crippen LogP contribution in [0, 0.1) is 5.82 Å². The highest BCUT2D eigenvalue weighted by Gasteiger charge is 2.07. The quantitative estimate of drug-likeness (QED) is 0.871. The number of nitrogens with one attached hydrogen (secondary N) is 1. The first-order valence-electron chi connectivity index (χ1n) is 4.76. The van der Waals surface area contributed by atoms with Gasteiger partial charge >= 0.3 is 0 Å². The third-order valence-corrected chi connectivity index (χ3v) is 3.01. The number of aromatic nitrogens is 1. The molecule has 1 amide bonds. The Kier molecular flexibility index (Phi) is 3.71. The molecule has 6 heteroatoms. The van der Waals surface area contributed by atoms with Crippen LogP contribution < -0.4 is 5.32 Å². The van der Waals surface area contributed by atoms with E-state index in [9.17, 15) is 9.18 Å². The SMILES string of the molecule is O=C(CCl)Nc1nc(-c2ccc(F)cc2)cs1. The molecule has 0 spiro atoms. The minimum absolute atomic E-state index is 0.106. The van der Waals surface area contributed by atoms with Crippen molar-refractivity contribution in [3.05, 3.63) is 35.5 Å². The minimum atomic E-state index is -0.299. The number of anilines is 1. The van der Waals surface area contributed by atoms with Gasteiger partial charge in [0, 0.05) is 10.9 Å². The molecule has 2 rings (SSSR count). The number of halogens is 2. The maximum absolute atomic E-state index is 12.7. The molecule has 0 radical (unpaired) electrons. The maximum atomic E-state index is 12.7. The molecule has 0 aliphatic heterocycles. The molecular weight excluding hydrogens is 263 g/mol. The summed E-state index contributed by atoms with van der Waals surface area (Å²) in [7, 11) is 0. The number of carbonyl (C=O) groups is 1. The van der Waals surface area contributed by atoms with Crippen LogP contribution in [0.5, 0.6) is 0 Å². The molecule has 1 aromatic carbocycles. The molecule has 0 fully saturated rings. The van der Waals surface area contributed by atoms with Gasteiger partial charge in [-0.1, -0.05) is 0 Å². The molecule has 0 saturated heterocycles. The van der Waals surface area contributed by atoms with Gasteiger partial charge in [-0.05, 0) is 24.3 Å². The van der Waals surface area contributed by atoms with Crippen LogP contribution in [-0.4, -0.2) is 16.8 Å². The minimum Gasteiger partial charge on any atom is -0.301 e. The third kappa shape index (κ3) is 3.01. The van der Waals surface area contributed by atoms with Crippen molar-refractivity contribution in [1.29, 1.82) is 0 Å². The number of thiazole rings is 1. The summed E-state index contributed by atoms with van der Waals surface area (Å²) in [5.74, 6) is -0.697. The van der Waals surface area contributed by atoms with E-state index in [0.717, 1.165) is 5.56 Å². The van der Waals surface area contributed by atoms with Crippen molar-refractivity contribution in [2.75, 3.05) is 11.2 Å². The van der Waals surface area contributed by atoms with Crippen LogP contribution in [0.3, 0.4) is 0 Å². The molecule has 0 aliphatic rings. The third-order valence-electron chi connectivity index (χ3n) is 2.01. The Morgan fingerprint density at radius 1 is 1.41 bits per heavy atom. The van der Waals surface area contributed by atoms with E-state index in [1.54, 1.807) is 17.5 Å². The summed E-state index contributed by atoms with van der Waals surface area (Å²) in [5, 5.41) is 4.83. The summed E-state index contributed by atoms with van der Waals surface area (Å²) in [4.78, 5) is 15.2. The second kappa shape index (κ2) is 5.25. The largest absolute Gasteiger partial charge is 0.301 e. The number of rotatable bonds is 3. The normalized spacial score (nSPS) is 10.2. The number of benzene rings is 1. The molecule has 2 aromatic rings. The van der Waals surface area contributed by atoms with Crippen molar-refractivity contribution in [2.45, 2.75) is 0 Å². The Balaban J connectivity index is 2.18. The number of amides is 1. The summed E-state index contributed by atoms with van der Waals surface area (Å²) in [5.41, 5.74) is 1.49. The Labute approximate surface area is 106 Å². The predicted molar refractivity (Wildman–Crippen MR) is 66.9 cm³/mol. The number of hydrogen-bond acceptors (Lipinski definition) is 3. The molecule has 0 unspecified atom stereocenters. The van der Waals surface area contributed by atoms with Crippen LogP contribution in [0.2, 0.25) is 0 Å².